The van der Waals surface area contributed by atoms with Crippen LogP contribution >= 0.6 is 0 Å². The molecule has 1 aliphatic heterocycles. The molecule has 0 spiro atoms. The number of ether oxygens (including phenoxy) is 1. The van der Waals surface area contributed by atoms with Crippen molar-refractivity contribution in [2.24, 2.45) is 5.92 Å². The quantitative estimate of drug-likeness (QED) is 0.464. The molecule has 0 unspecified atom stereocenters. The van der Waals surface area contributed by atoms with Crippen molar-refractivity contribution < 1.29 is 19.1 Å². The first kappa shape index (κ1) is 21.3. The molecular formula is C18H33N3O4. The van der Waals surface area contributed by atoms with E-state index in [0.29, 0.717) is 32.5 Å². The maximum absolute atomic E-state index is 12.1. The van der Waals surface area contributed by atoms with E-state index in [-0.39, 0.29) is 23.8 Å². The summed E-state index contributed by atoms with van der Waals surface area (Å²) in [5.41, 5.74) is 0. The van der Waals surface area contributed by atoms with E-state index in [1.807, 2.05) is 0 Å². The molecule has 1 heterocycles. The lowest BCUT2D eigenvalue weighted by atomic mass is 9.96. The molecule has 0 bridgehead atoms. The number of carbonyl (C=O) groups excluding carboxylic acids is 3. The van der Waals surface area contributed by atoms with Gasteiger partial charge in [-0.05, 0) is 32.1 Å². The summed E-state index contributed by atoms with van der Waals surface area (Å²) in [6.45, 7) is 4.66. The van der Waals surface area contributed by atoms with E-state index in [4.69, 9.17) is 0 Å². The van der Waals surface area contributed by atoms with Crippen LogP contribution in [-0.2, 0) is 14.3 Å². The monoisotopic (exact) mass is 355 g/mol. The highest BCUT2D eigenvalue weighted by molar-refractivity contribution is 5.79. The van der Waals surface area contributed by atoms with Crippen molar-refractivity contribution in [1.82, 2.24) is 15.5 Å². The average Bonchev–Trinajstić information content (AvgIpc) is 2.64. The molecule has 7 heteroatoms. The number of hydrogen-bond donors (Lipinski definition) is 2. The SMILES string of the molecule is CCCCCNC(=O)C1CCN(C(=O)NCCCCC(=O)OC)CC1. The Balaban J connectivity index is 2.13. The fourth-order valence-electron chi connectivity index (χ4n) is 2.88. The number of unbranched alkanes of at least 4 members (excludes halogenated alkanes) is 3. The van der Waals surface area contributed by atoms with Gasteiger partial charge in [0.05, 0.1) is 7.11 Å². The molecule has 0 saturated carbocycles. The number of carbonyl (C=O) groups is 3. The molecule has 7 nitrogen and oxygen atoms in total. The van der Waals surface area contributed by atoms with Crippen LogP contribution in [0.2, 0.25) is 0 Å². The minimum Gasteiger partial charge on any atom is -0.469 e. The molecule has 25 heavy (non-hydrogen) atoms. The van der Waals surface area contributed by atoms with Gasteiger partial charge in [-0.1, -0.05) is 19.8 Å². The van der Waals surface area contributed by atoms with Crippen LogP contribution in [-0.4, -0.2) is 56.1 Å². The summed E-state index contributed by atoms with van der Waals surface area (Å²) in [6, 6.07) is -0.0835. The van der Waals surface area contributed by atoms with Crippen molar-refractivity contribution in [2.75, 3.05) is 33.3 Å². The molecule has 0 atom stereocenters. The Kier molecular flexibility index (Phi) is 10.7. The Labute approximate surface area is 150 Å². The lowest BCUT2D eigenvalue weighted by Crippen LogP contribution is -2.47. The first-order chi connectivity index (χ1) is 12.1. The second-order valence-corrected chi connectivity index (χ2v) is 6.52. The Morgan fingerprint density at radius 1 is 1.00 bits per heavy atom. The largest absolute Gasteiger partial charge is 0.469 e. The predicted octanol–water partition coefficient (Wildman–Crippen LogP) is 2.06. The van der Waals surface area contributed by atoms with Crippen molar-refractivity contribution in [2.45, 2.75) is 58.3 Å². The van der Waals surface area contributed by atoms with Gasteiger partial charge in [0.25, 0.3) is 0 Å². The minimum atomic E-state index is -0.221. The van der Waals surface area contributed by atoms with Crippen molar-refractivity contribution in [3.8, 4) is 0 Å². The molecule has 1 aliphatic rings. The second-order valence-electron chi connectivity index (χ2n) is 6.52. The molecule has 1 rings (SSSR count). The molecule has 144 valence electrons. The lowest BCUT2D eigenvalue weighted by Gasteiger charge is -2.31. The highest BCUT2D eigenvalue weighted by atomic mass is 16.5. The van der Waals surface area contributed by atoms with Crippen LogP contribution in [0, 0.1) is 5.92 Å². The van der Waals surface area contributed by atoms with Gasteiger partial charge in [-0.15, -0.1) is 0 Å². The number of esters is 1. The van der Waals surface area contributed by atoms with Gasteiger partial charge < -0.3 is 20.3 Å². The molecule has 0 aromatic rings. The molecule has 1 fully saturated rings. The summed E-state index contributed by atoms with van der Waals surface area (Å²) < 4.78 is 4.57. The highest BCUT2D eigenvalue weighted by Gasteiger charge is 2.26. The molecule has 2 N–H and O–H groups in total. The molecular weight excluding hydrogens is 322 g/mol. The number of urea groups is 1. The first-order valence-electron chi connectivity index (χ1n) is 9.45. The van der Waals surface area contributed by atoms with Gasteiger partial charge in [-0.25, -0.2) is 4.79 Å². The van der Waals surface area contributed by atoms with Gasteiger partial charge in [-0.2, -0.15) is 0 Å². The van der Waals surface area contributed by atoms with Crippen LogP contribution in [0.1, 0.15) is 58.3 Å². The summed E-state index contributed by atoms with van der Waals surface area (Å²) in [4.78, 5) is 36.9. The number of likely N-dealkylation sites (tertiary alicyclic amines) is 1. The van der Waals surface area contributed by atoms with E-state index >= 15 is 0 Å². The standard InChI is InChI=1S/C18H33N3O4/c1-3-4-6-11-19-17(23)15-9-13-21(14-10-15)18(24)20-12-7-5-8-16(22)25-2/h15H,3-14H2,1-2H3,(H,19,23)(H,20,24). The smallest absolute Gasteiger partial charge is 0.317 e. The summed E-state index contributed by atoms with van der Waals surface area (Å²) in [5.74, 6) is -0.0777. The van der Waals surface area contributed by atoms with Gasteiger partial charge >= 0.3 is 12.0 Å². The van der Waals surface area contributed by atoms with Crippen LogP contribution < -0.4 is 10.6 Å². The third kappa shape index (κ3) is 8.74. The topological polar surface area (TPSA) is 87.7 Å². The number of nitrogens with one attached hydrogen (secondary N) is 2. The van der Waals surface area contributed by atoms with Crippen LogP contribution in [0.25, 0.3) is 0 Å². The fraction of sp³-hybridized carbons (Fsp3) is 0.833. The van der Waals surface area contributed by atoms with E-state index < -0.39 is 0 Å². The zero-order valence-electron chi connectivity index (χ0n) is 15.6. The molecule has 0 aromatic heterocycles. The van der Waals surface area contributed by atoms with Crippen molar-refractivity contribution >= 4 is 17.9 Å². The maximum atomic E-state index is 12.1. The molecule has 0 aromatic carbocycles. The summed E-state index contributed by atoms with van der Waals surface area (Å²) in [7, 11) is 1.37. The van der Waals surface area contributed by atoms with Crippen LogP contribution in [0.5, 0.6) is 0 Å². The van der Waals surface area contributed by atoms with E-state index in [1.165, 1.54) is 7.11 Å². The first-order valence-corrected chi connectivity index (χ1v) is 9.45. The van der Waals surface area contributed by atoms with Crippen LogP contribution in [0.3, 0.4) is 0 Å². The van der Waals surface area contributed by atoms with Gasteiger partial charge in [-0.3, -0.25) is 9.59 Å². The Bertz CT molecular complexity index is 421. The highest BCUT2D eigenvalue weighted by Crippen LogP contribution is 2.17. The zero-order valence-corrected chi connectivity index (χ0v) is 15.6. The molecule has 0 radical (unpaired) electrons. The van der Waals surface area contributed by atoms with Gasteiger partial charge in [0.1, 0.15) is 0 Å². The maximum Gasteiger partial charge on any atom is 0.317 e. The van der Waals surface area contributed by atoms with Crippen molar-refractivity contribution in [1.29, 1.82) is 0 Å². The number of amides is 3. The van der Waals surface area contributed by atoms with Crippen molar-refractivity contribution in [3.05, 3.63) is 0 Å². The van der Waals surface area contributed by atoms with E-state index in [9.17, 15) is 14.4 Å². The molecule has 0 aliphatic carbocycles. The van der Waals surface area contributed by atoms with E-state index in [2.05, 4.69) is 22.3 Å². The number of rotatable bonds is 10. The minimum absolute atomic E-state index is 0.0192. The lowest BCUT2D eigenvalue weighted by molar-refractivity contribution is -0.140. The molecule has 3 amide bonds. The summed E-state index contributed by atoms with van der Waals surface area (Å²) in [6.07, 6.45) is 6.57. The van der Waals surface area contributed by atoms with Gasteiger partial charge in [0.2, 0.25) is 5.91 Å². The third-order valence-corrected chi connectivity index (χ3v) is 4.54. The van der Waals surface area contributed by atoms with Crippen LogP contribution in [0.4, 0.5) is 4.79 Å². The Morgan fingerprint density at radius 2 is 1.64 bits per heavy atom. The summed E-state index contributed by atoms with van der Waals surface area (Å²) >= 11 is 0. The van der Waals surface area contributed by atoms with Gasteiger partial charge in [0, 0.05) is 38.5 Å². The Morgan fingerprint density at radius 3 is 2.28 bits per heavy atom. The number of nitrogens with zero attached hydrogens (tertiary/aromatic N) is 1. The van der Waals surface area contributed by atoms with Crippen LogP contribution in [0.15, 0.2) is 0 Å². The molecule has 1 saturated heterocycles. The fourth-order valence-corrected chi connectivity index (χ4v) is 2.88. The zero-order chi connectivity index (χ0) is 18.5. The number of methoxy groups -OCH3 is 1. The van der Waals surface area contributed by atoms with E-state index in [0.717, 1.165) is 45.1 Å². The Hall–Kier alpha value is -1.79. The number of piperidine rings is 1. The predicted molar refractivity (Wildman–Crippen MR) is 96.1 cm³/mol. The second kappa shape index (κ2) is 12.6. The summed E-state index contributed by atoms with van der Waals surface area (Å²) in [5, 5.41) is 5.87. The normalized spacial score (nSPS) is 14.9. The number of hydrogen-bond acceptors (Lipinski definition) is 4. The van der Waals surface area contributed by atoms with Crippen molar-refractivity contribution in [3.63, 3.8) is 0 Å². The average molecular weight is 355 g/mol. The third-order valence-electron chi connectivity index (χ3n) is 4.54. The van der Waals surface area contributed by atoms with E-state index in [1.54, 1.807) is 4.90 Å². The van der Waals surface area contributed by atoms with Gasteiger partial charge in [0.15, 0.2) is 0 Å².